The summed E-state index contributed by atoms with van der Waals surface area (Å²) in [7, 11) is 0. The highest BCUT2D eigenvalue weighted by atomic mass is 14.1. The minimum atomic E-state index is 0.604. The lowest BCUT2D eigenvalue weighted by Gasteiger charge is -2.13. The van der Waals surface area contributed by atoms with Gasteiger partial charge < -0.3 is 0 Å². The topological polar surface area (TPSA) is 0 Å². The van der Waals surface area contributed by atoms with E-state index in [2.05, 4.69) is 67.6 Å². The molecule has 0 bridgehead atoms. The molecule has 0 nitrogen and oxygen atoms in total. The van der Waals surface area contributed by atoms with Crippen molar-refractivity contribution < 1.29 is 0 Å². The first-order valence-corrected chi connectivity index (χ1v) is 5.92. The molecule has 1 aromatic carbocycles. The Morgan fingerprint density at radius 2 is 1.88 bits per heavy atom. The summed E-state index contributed by atoms with van der Waals surface area (Å²) in [6.07, 6.45) is 13.1. The van der Waals surface area contributed by atoms with Gasteiger partial charge >= 0.3 is 0 Å². The van der Waals surface area contributed by atoms with Crippen molar-refractivity contribution in [3.63, 3.8) is 0 Å². The second-order valence-electron chi connectivity index (χ2n) is 4.36. The van der Waals surface area contributed by atoms with E-state index in [-0.39, 0.29) is 0 Å². The van der Waals surface area contributed by atoms with E-state index in [9.17, 15) is 0 Å². The zero-order valence-corrected chi connectivity index (χ0v) is 9.77. The van der Waals surface area contributed by atoms with E-state index in [0.717, 1.165) is 12.8 Å². The van der Waals surface area contributed by atoms with E-state index in [0.29, 0.717) is 5.92 Å². The zero-order chi connectivity index (χ0) is 11.2. The van der Waals surface area contributed by atoms with Gasteiger partial charge in [0.2, 0.25) is 0 Å². The highest BCUT2D eigenvalue weighted by molar-refractivity contribution is 5.26. The Morgan fingerprint density at radius 3 is 2.69 bits per heavy atom. The number of benzene rings is 1. The molecule has 1 atom stereocenters. The second-order valence-corrected chi connectivity index (χ2v) is 4.36. The van der Waals surface area contributed by atoms with Crippen LogP contribution in [0.15, 0.2) is 66.3 Å². The molecule has 0 amide bonds. The van der Waals surface area contributed by atoms with E-state index in [1.54, 1.807) is 0 Å². The first-order chi connectivity index (χ1) is 7.86. The van der Waals surface area contributed by atoms with Crippen LogP contribution in [0.2, 0.25) is 0 Å². The lowest BCUT2D eigenvalue weighted by atomic mass is 9.92. The average molecular weight is 210 g/mol. The summed E-state index contributed by atoms with van der Waals surface area (Å²) in [4.78, 5) is 0. The normalized spacial score (nSPS) is 16.7. The minimum absolute atomic E-state index is 0.604. The van der Waals surface area contributed by atoms with Gasteiger partial charge in [-0.15, -0.1) is 0 Å². The molecule has 1 aliphatic rings. The van der Waals surface area contributed by atoms with Crippen LogP contribution >= 0.6 is 0 Å². The SMILES string of the molecule is CC(CC1=CC=CC=CC1)c1ccccc1. The molecule has 1 aliphatic carbocycles. The second kappa shape index (κ2) is 5.50. The molecular formula is C16H18. The molecular weight excluding hydrogens is 192 g/mol. The molecule has 0 heteroatoms. The molecule has 16 heavy (non-hydrogen) atoms. The summed E-state index contributed by atoms with van der Waals surface area (Å²) in [5.41, 5.74) is 2.95. The van der Waals surface area contributed by atoms with Crippen molar-refractivity contribution in [2.45, 2.75) is 25.7 Å². The van der Waals surface area contributed by atoms with E-state index in [4.69, 9.17) is 0 Å². The van der Waals surface area contributed by atoms with E-state index < -0.39 is 0 Å². The van der Waals surface area contributed by atoms with Crippen molar-refractivity contribution in [2.24, 2.45) is 0 Å². The fourth-order valence-corrected chi connectivity index (χ4v) is 2.07. The van der Waals surface area contributed by atoms with Crippen molar-refractivity contribution in [1.29, 1.82) is 0 Å². The molecule has 0 heterocycles. The predicted octanol–water partition coefficient (Wildman–Crippen LogP) is 4.62. The van der Waals surface area contributed by atoms with Crippen molar-refractivity contribution in [1.82, 2.24) is 0 Å². The summed E-state index contributed by atoms with van der Waals surface area (Å²) in [5, 5.41) is 0. The van der Waals surface area contributed by atoms with Gasteiger partial charge in [-0.3, -0.25) is 0 Å². The van der Waals surface area contributed by atoms with Gasteiger partial charge in [-0.1, -0.05) is 73.2 Å². The maximum Gasteiger partial charge on any atom is -0.0132 e. The fourth-order valence-electron chi connectivity index (χ4n) is 2.07. The largest absolute Gasteiger partial charge is 0.0805 e. The molecule has 1 aromatic rings. The van der Waals surface area contributed by atoms with Crippen LogP contribution in [0.3, 0.4) is 0 Å². The van der Waals surface area contributed by atoms with Crippen LogP contribution in [0.25, 0.3) is 0 Å². The molecule has 0 spiro atoms. The molecule has 0 saturated heterocycles. The van der Waals surface area contributed by atoms with Crippen LogP contribution < -0.4 is 0 Å². The third-order valence-corrected chi connectivity index (χ3v) is 3.01. The summed E-state index contributed by atoms with van der Waals surface area (Å²) in [5.74, 6) is 0.604. The average Bonchev–Trinajstić information content (AvgIpc) is 2.59. The van der Waals surface area contributed by atoms with Crippen molar-refractivity contribution in [3.05, 3.63) is 71.8 Å². The van der Waals surface area contributed by atoms with E-state index >= 15 is 0 Å². The lowest BCUT2D eigenvalue weighted by molar-refractivity contribution is 0.740. The van der Waals surface area contributed by atoms with Crippen LogP contribution in [0.1, 0.15) is 31.2 Å². The number of allylic oxidation sites excluding steroid dienone is 6. The van der Waals surface area contributed by atoms with Gasteiger partial charge in [-0.2, -0.15) is 0 Å². The molecule has 82 valence electrons. The van der Waals surface area contributed by atoms with Gasteiger partial charge in [-0.05, 0) is 24.3 Å². The lowest BCUT2D eigenvalue weighted by Crippen LogP contribution is -1.95. The molecule has 2 rings (SSSR count). The summed E-state index contributed by atoms with van der Waals surface area (Å²) in [6.45, 7) is 2.30. The predicted molar refractivity (Wildman–Crippen MR) is 70.5 cm³/mol. The van der Waals surface area contributed by atoms with E-state index in [1.165, 1.54) is 11.1 Å². The molecule has 1 unspecified atom stereocenters. The zero-order valence-electron chi connectivity index (χ0n) is 9.77. The van der Waals surface area contributed by atoms with Gasteiger partial charge in [0.05, 0.1) is 0 Å². The van der Waals surface area contributed by atoms with Gasteiger partial charge in [0.25, 0.3) is 0 Å². The Balaban J connectivity index is 2.02. The quantitative estimate of drug-likeness (QED) is 0.682. The Bertz CT molecular complexity index is 407. The van der Waals surface area contributed by atoms with E-state index in [1.807, 2.05) is 0 Å². The molecule has 0 N–H and O–H groups in total. The van der Waals surface area contributed by atoms with Crippen LogP contribution in [-0.2, 0) is 0 Å². The summed E-state index contributed by atoms with van der Waals surface area (Å²) in [6, 6.07) is 10.7. The van der Waals surface area contributed by atoms with Crippen molar-refractivity contribution in [3.8, 4) is 0 Å². The number of rotatable bonds is 3. The third kappa shape index (κ3) is 2.96. The van der Waals surface area contributed by atoms with Crippen molar-refractivity contribution >= 4 is 0 Å². The fraction of sp³-hybridized carbons (Fsp3) is 0.250. The van der Waals surface area contributed by atoms with Crippen LogP contribution in [-0.4, -0.2) is 0 Å². The third-order valence-electron chi connectivity index (χ3n) is 3.01. The summed E-state index contributed by atoms with van der Waals surface area (Å²) >= 11 is 0. The van der Waals surface area contributed by atoms with Crippen LogP contribution in [0.4, 0.5) is 0 Å². The van der Waals surface area contributed by atoms with Gasteiger partial charge in [0.15, 0.2) is 0 Å². The van der Waals surface area contributed by atoms with Crippen LogP contribution in [0.5, 0.6) is 0 Å². The maximum absolute atomic E-state index is 2.30. The van der Waals surface area contributed by atoms with Gasteiger partial charge in [-0.25, -0.2) is 0 Å². The highest BCUT2D eigenvalue weighted by Crippen LogP contribution is 2.25. The van der Waals surface area contributed by atoms with Crippen molar-refractivity contribution in [2.75, 3.05) is 0 Å². The smallest absolute Gasteiger partial charge is 0.0132 e. The molecule has 0 saturated carbocycles. The first kappa shape index (κ1) is 10.9. The Labute approximate surface area is 98.0 Å². The molecule has 0 radical (unpaired) electrons. The summed E-state index contributed by atoms with van der Waals surface area (Å²) < 4.78 is 0. The number of hydrogen-bond acceptors (Lipinski definition) is 0. The van der Waals surface area contributed by atoms with Crippen LogP contribution in [0, 0.1) is 0 Å². The number of hydrogen-bond donors (Lipinski definition) is 0. The van der Waals surface area contributed by atoms with Gasteiger partial charge in [0.1, 0.15) is 0 Å². The minimum Gasteiger partial charge on any atom is -0.0805 e. The Hall–Kier alpha value is -1.56. The standard InChI is InChI=1S/C16H18/c1-14(16-11-7-4-8-12-16)13-15-9-5-2-3-6-10-15/h2-9,11-12,14H,10,13H2,1H3. The Kier molecular flexibility index (Phi) is 3.76. The highest BCUT2D eigenvalue weighted by Gasteiger charge is 2.07. The Morgan fingerprint density at radius 1 is 1.06 bits per heavy atom. The monoisotopic (exact) mass is 210 g/mol. The van der Waals surface area contributed by atoms with Gasteiger partial charge in [0, 0.05) is 0 Å². The molecule has 0 aliphatic heterocycles. The first-order valence-electron chi connectivity index (χ1n) is 5.92. The molecule has 0 aromatic heterocycles. The maximum atomic E-state index is 2.30. The molecule has 0 fully saturated rings.